The molecule has 5 nitrogen and oxygen atoms in total. The average molecular weight is 217 g/mol. The Morgan fingerprint density at radius 2 is 2.00 bits per heavy atom. The summed E-state index contributed by atoms with van der Waals surface area (Å²) in [5, 5.41) is 7.93. The molecule has 1 fully saturated rings. The molecule has 0 unspecified atom stereocenters. The van der Waals surface area contributed by atoms with Crippen molar-refractivity contribution in [2.24, 2.45) is 0 Å². The fourth-order valence-corrected chi connectivity index (χ4v) is 2.20. The maximum absolute atomic E-state index is 4.55. The van der Waals surface area contributed by atoms with Crippen LogP contribution in [0.3, 0.4) is 0 Å². The Balaban J connectivity index is 2.02. The first-order valence-corrected chi connectivity index (χ1v) is 5.77. The van der Waals surface area contributed by atoms with Crippen LogP contribution in [0.1, 0.15) is 25.0 Å². The maximum Gasteiger partial charge on any atom is 0.227 e. The Labute approximate surface area is 93.9 Å². The molecule has 0 aliphatic carbocycles. The molecule has 5 heteroatoms. The number of H-pyrrole nitrogens is 1. The van der Waals surface area contributed by atoms with E-state index >= 15 is 0 Å². The number of fused-ring (bicyclic) bond motifs is 1. The first kappa shape index (κ1) is 9.57. The molecule has 0 aromatic carbocycles. The van der Waals surface area contributed by atoms with Gasteiger partial charge in [0.2, 0.25) is 5.95 Å². The highest BCUT2D eigenvalue weighted by molar-refractivity contribution is 5.77. The van der Waals surface area contributed by atoms with Gasteiger partial charge in [-0.2, -0.15) is 10.1 Å². The van der Waals surface area contributed by atoms with Crippen LogP contribution in [0.4, 0.5) is 5.95 Å². The molecular weight excluding hydrogens is 202 g/mol. The van der Waals surface area contributed by atoms with Gasteiger partial charge < -0.3 is 4.90 Å². The molecule has 0 amide bonds. The number of nitrogens with zero attached hydrogens (tertiary/aromatic N) is 4. The molecule has 3 rings (SSSR count). The summed E-state index contributed by atoms with van der Waals surface area (Å²) < 4.78 is 0. The summed E-state index contributed by atoms with van der Waals surface area (Å²) in [4.78, 5) is 11.3. The molecule has 1 N–H and O–H groups in total. The van der Waals surface area contributed by atoms with Gasteiger partial charge in [-0.05, 0) is 26.2 Å². The fourth-order valence-electron chi connectivity index (χ4n) is 2.20. The van der Waals surface area contributed by atoms with Gasteiger partial charge in [0.15, 0.2) is 5.65 Å². The third-order valence-corrected chi connectivity index (χ3v) is 3.13. The molecule has 16 heavy (non-hydrogen) atoms. The topological polar surface area (TPSA) is 57.7 Å². The number of aromatic amines is 1. The average Bonchev–Trinajstić information content (AvgIpc) is 2.79. The van der Waals surface area contributed by atoms with Gasteiger partial charge in [0.1, 0.15) is 0 Å². The first-order chi connectivity index (χ1) is 7.84. The van der Waals surface area contributed by atoms with Gasteiger partial charge in [0.25, 0.3) is 0 Å². The van der Waals surface area contributed by atoms with Gasteiger partial charge in [-0.25, -0.2) is 4.98 Å². The highest BCUT2D eigenvalue weighted by Crippen LogP contribution is 2.19. The van der Waals surface area contributed by atoms with Crippen LogP contribution in [-0.4, -0.2) is 33.3 Å². The van der Waals surface area contributed by atoms with E-state index in [0.717, 1.165) is 35.8 Å². The molecule has 3 heterocycles. The first-order valence-electron chi connectivity index (χ1n) is 5.77. The predicted octanol–water partition coefficient (Wildman–Crippen LogP) is 1.65. The lowest BCUT2D eigenvalue weighted by atomic mass is 10.1. The van der Waals surface area contributed by atoms with Crippen molar-refractivity contribution in [1.29, 1.82) is 0 Å². The second-order valence-corrected chi connectivity index (χ2v) is 4.29. The molecule has 1 aliphatic heterocycles. The molecule has 2 aromatic heterocycles. The van der Waals surface area contributed by atoms with Crippen LogP contribution in [0, 0.1) is 6.92 Å². The van der Waals surface area contributed by atoms with Gasteiger partial charge in [-0.15, -0.1) is 0 Å². The lowest BCUT2D eigenvalue weighted by molar-refractivity contribution is 0.568. The minimum Gasteiger partial charge on any atom is -0.341 e. The van der Waals surface area contributed by atoms with E-state index in [0.29, 0.717) is 0 Å². The maximum atomic E-state index is 4.55. The highest BCUT2D eigenvalue weighted by Gasteiger charge is 2.15. The standard InChI is InChI=1S/C11H15N5/c1-8-9-7-12-15-10(9)14-11(13-8)16-5-3-2-4-6-16/h7H,2-6H2,1H3,(H,12,13,14,15). The van der Waals surface area contributed by atoms with Gasteiger partial charge in [0, 0.05) is 13.1 Å². The van der Waals surface area contributed by atoms with E-state index in [1.807, 2.05) is 6.92 Å². The number of piperidine rings is 1. The normalized spacial score (nSPS) is 16.9. The van der Waals surface area contributed by atoms with Crippen LogP contribution in [0.5, 0.6) is 0 Å². The van der Waals surface area contributed by atoms with Crippen LogP contribution in [0.25, 0.3) is 11.0 Å². The minimum atomic E-state index is 0.841. The van der Waals surface area contributed by atoms with E-state index in [9.17, 15) is 0 Å². The lowest BCUT2D eigenvalue weighted by Crippen LogP contribution is -2.31. The number of aromatic nitrogens is 4. The third kappa shape index (κ3) is 1.52. The highest BCUT2D eigenvalue weighted by atomic mass is 15.3. The van der Waals surface area contributed by atoms with Crippen molar-refractivity contribution < 1.29 is 0 Å². The van der Waals surface area contributed by atoms with Crippen LogP contribution < -0.4 is 4.90 Å². The molecular formula is C11H15N5. The molecule has 0 radical (unpaired) electrons. The summed E-state index contributed by atoms with van der Waals surface area (Å²) in [5.41, 5.74) is 1.84. The summed E-state index contributed by atoms with van der Waals surface area (Å²) in [7, 11) is 0. The Morgan fingerprint density at radius 3 is 2.81 bits per heavy atom. The summed E-state index contributed by atoms with van der Waals surface area (Å²) in [6.07, 6.45) is 5.58. The van der Waals surface area contributed by atoms with Crippen molar-refractivity contribution in [2.75, 3.05) is 18.0 Å². The molecule has 84 valence electrons. The van der Waals surface area contributed by atoms with Gasteiger partial charge in [0.05, 0.1) is 17.3 Å². The number of nitrogens with one attached hydrogen (secondary N) is 1. The smallest absolute Gasteiger partial charge is 0.227 e. The predicted molar refractivity (Wildman–Crippen MR) is 62.5 cm³/mol. The van der Waals surface area contributed by atoms with E-state index in [1.54, 1.807) is 6.20 Å². The van der Waals surface area contributed by atoms with Crippen LogP contribution in [-0.2, 0) is 0 Å². The zero-order valence-corrected chi connectivity index (χ0v) is 9.40. The summed E-state index contributed by atoms with van der Waals surface area (Å²) >= 11 is 0. The number of rotatable bonds is 1. The SMILES string of the molecule is Cc1nc(N2CCCCC2)nc2[nH]ncc12. The molecule has 2 aromatic rings. The van der Waals surface area contributed by atoms with Gasteiger partial charge in [-0.1, -0.05) is 0 Å². The Bertz CT molecular complexity index is 498. The number of aryl methyl sites for hydroxylation is 1. The van der Waals surface area contributed by atoms with Crippen molar-refractivity contribution >= 4 is 17.0 Å². The zero-order chi connectivity index (χ0) is 11.0. The van der Waals surface area contributed by atoms with Gasteiger partial charge in [-0.3, -0.25) is 5.10 Å². The second kappa shape index (κ2) is 3.73. The van der Waals surface area contributed by atoms with Crippen molar-refractivity contribution in [3.63, 3.8) is 0 Å². The van der Waals surface area contributed by atoms with E-state index in [-0.39, 0.29) is 0 Å². The van der Waals surface area contributed by atoms with Crippen LogP contribution in [0.15, 0.2) is 6.20 Å². The Kier molecular flexibility index (Phi) is 2.23. The van der Waals surface area contributed by atoms with Crippen LogP contribution >= 0.6 is 0 Å². The van der Waals surface area contributed by atoms with Crippen LogP contribution in [0.2, 0.25) is 0 Å². The monoisotopic (exact) mass is 217 g/mol. The number of anilines is 1. The largest absolute Gasteiger partial charge is 0.341 e. The summed E-state index contributed by atoms with van der Waals surface area (Å²) in [6.45, 7) is 4.14. The van der Waals surface area contributed by atoms with Crippen molar-refractivity contribution in [3.05, 3.63) is 11.9 Å². The van der Waals surface area contributed by atoms with Crippen molar-refractivity contribution in [3.8, 4) is 0 Å². The lowest BCUT2D eigenvalue weighted by Gasteiger charge is -2.26. The summed E-state index contributed by atoms with van der Waals surface area (Å²) in [5.74, 6) is 0.842. The molecule has 0 spiro atoms. The molecule has 1 aliphatic rings. The zero-order valence-electron chi connectivity index (χ0n) is 9.40. The minimum absolute atomic E-state index is 0.841. The number of hydrogen-bond donors (Lipinski definition) is 1. The van der Waals surface area contributed by atoms with E-state index < -0.39 is 0 Å². The van der Waals surface area contributed by atoms with Gasteiger partial charge >= 0.3 is 0 Å². The molecule has 0 atom stereocenters. The summed E-state index contributed by atoms with van der Waals surface area (Å²) in [6, 6.07) is 0. The quantitative estimate of drug-likeness (QED) is 0.789. The molecule has 1 saturated heterocycles. The second-order valence-electron chi connectivity index (χ2n) is 4.29. The van der Waals surface area contributed by atoms with E-state index in [2.05, 4.69) is 25.1 Å². The third-order valence-electron chi connectivity index (χ3n) is 3.13. The molecule has 0 saturated carbocycles. The fraction of sp³-hybridized carbons (Fsp3) is 0.545. The molecule has 0 bridgehead atoms. The van der Waals surface area contributed by atoms with Crippen molar-refractivity contribution in [1.82, 2.24) is 20.2 Å². The van der Waals surface area contributed by atoms with E-state index in [1.165, 1.54) is 19.3 Å². The Morgan fingerprint density at radius 1 is 1.19 bits per heavy atom. The van der Waals surface area contributed by atoms with Crippen molar-refractivity contribution in [2.45, 2.75) is 26.2 Å². The number of hydrogen-bond acceptors (Lipinski definition) is 4. The van der Waals surface area contributed by atoms with E-state index in [4.69, 9.17) is 0 Å². The Hall–Kier alpha value is -1.65.